The van der Waals surface area contributed by atoms with Gasteiger partial charge in [-0.15, -0.1) is 0 Å². The number of nitriles is 1. The van der Waals surface area contributed by atoms with Crippen molar-refractivity contribution in [2.75, 3.05) is 6.61 Å². The molecule has 4 nitrogen and oxygen atoms in total. The van der Waals surface area contributed by atoms with Crippen LogP contribution in [0.2, 0.25) is 0 Å². The molecule has 0 aliphatic heterocycles. The molecular formula is C22H21Cl2NO3. The Hall–Kier alpha value is -2.22. The Balaban J connectivity index is 1.62. The summed E-state index contributed by atoms with van der Waals surface area (Å²) in [6, 6.07) is 11.6. The Bertz CT molecular complexity index is 879. The van der Waals surface area contributed by atoms with Gasteiger partial charge in [-0.1, -0.05) is 67.4 Å². The lowest BCUT2D eigenvalue weighted by Crippen LogP contribution is -2.28. The van der Waals surface area contributed by atoms with Crippen LogP contribution in [0.25, 0.3) is 0 Å². The fourth-order valence-electron chi connectivity index (χ4n) is 3.55. The van der Waals surface area contributed by atoms with Crippen LogP contribution in [-0.4, -0.2) is 12.6 Å². The van der Waals surface area contributed by atoms with Gasteiger partial charge in [-0.2, -0.15) is 5.26 Å². The van der Waals surface area contributed by atoms with Crippen LogP contribution in [0, 0.1) is 34.0 Å². The highest BCUT2D eigenvalue weighted by Crippen LogP contribution is 2.60. The maximum atomic E-state index is 12.6. The van der Waals surface area contributed by atoms with Crippen molar-refractivity contribution in [1.82, 2.24) is 0 Å². The van der Waals surface area contributed by atoms with Crippen LogP contribution < -0.4 is 4.74 Å². The van der Waals surface area contributed by atoms with Crippen LogP contribution >= 0.6 is 23.2 Å². The fraction of sp³-hybridized carbons (Fsp3) is 0.364. The third kappa shape index (κ3) is 4.43. The van der Waals surface area contributed by atoms with Crippen LogP contribution in [0.5, 0.6) is 5.75 Å². The van der Waals surface area contributed by atoms with E-state index < -0.39 is 5.41 Å². The average Bonchev–Trinajstić information content (AvgIpc) is 3.20. The topological polar surface area (TPSA) is 59.3 Å². The second kappa shape index (κ2) is 8.03. The summed E-state index contributed by atoms with van der Waals surface area (Å²) in [4.78, 5) is 12.6. The Kier molecular flexibility index (Phi) is 5.88. The first-order valence-electron chi connectivity index (χ1n) is 8.99. The standard InChI is InChI=1S/C22H21Cl2NO3/c1-21(2)17(11-18(23)24)19(21)20(26)27-14-22(13-25)10-6-9-16(12-22)28-15-7-4-3-5-8-15/h3-11,17,19H,12,14H2,1-2H3. The summed E-state index contributed by atoms with van der Waals surface area (Å²) >= 11 is 11.5. The van der Waals surface area contributed by atoms with Gasteiger partial charge in [0.15, 0.2) is 0 Å². The Morgan fingerprint density at radius 2 is 2.04 bits per heavy atom. The smallest absolute Gasteiger partial charge is 0.310 e. The Morgan fingerprint density at radius 3 is 2.68 bits per heavy atom. The van der Waals surface area contributed by atoms with Gasteiger partial charge in [-0.3, -0.25) is 4.79 Å². The summed E-state index contributed by atoms with van der Waals surface area (Å²) < 4.78 is 11.5. The van der Waals surface area contributed by atoms with Crippen molar-refractivity contribution in [3.8, 4) is 11.8 Å². The van der Waals surface area contributed by atoms with Crippen LogP contribution in [0.1, 0.15) is 20.3 Å². The molecule has 3 rings (SSSR count). The number of hydrogen-bond donors (Lipinski definition) is 0. The molecule has 0 radical (unpaired) electrons. The van der Waals surface area contributed by atoms with E-state index in [0.717, 1.165) is 0 Å². The number of carbonyl (C=O) groups is 1. The molecule has 0 amide bonds. The lowest BCUT2D eigenvalue weighted by Gasteiger charge is -2.26. The molecule has 0 saturated heterocycles. The normalized spacial score (nSPS) is 27.2. The van der Waals surface area contributed by atoms with Crippen molar-refractivity contribution in [2.45, 2.75) is 20.3 Å². The first kappa shape index (κ1) is 20.5. The predicted octanol–water partition coefficient (Wildman–Crippen LogP) is 5.55. The number of para-hydroxylation sites is 1. The van der Waals surface area contributed by atoms with Crippen molar-refractivity contribution >= 4 is 29.2 Å². The van der Waals surface area contributed by atoms with Gasteiger partial charge in [0, 0.05) is 6.42 Å². The number of hydrogen-bond acceptors (Lipinski definition) is 4. The molecule has 0 bridgehead atoms. The average molecular weight is 418 g/mol. The lowest BCUT2D eigenvalue weighted by atomic mass is 9.83. The number of nitrogens with zero attached hydrogens (tertiary/aromatic N) is 1. The summed E-state index contributed by atoms with van der Waals surface area (Å²) in [6.07, 6.45) is 7.33. The maximum Gasteiger partial charge on any atom is 0.310 e. The number of rotatable bonds is 6. The Labute approximate surface area is 175 Å². The van der Waals surface area contributed by atoms with E-state index in [1.165, 1.54) is 0 Å². The predicted molar refractivity (Wildman–Crippen MR) is 108 cm³/mol. The van der Waals surface area contributed by atoms with Gasteiger partial charge >= 0.3 is 5.97 Å². The van der Waals surface area contributed by atoms with Crippen molar-refractivity contribution in [2.24, 2.45) is 22.7 Å². The fourth-order valence-corrected chi connectivity index (χ4v) is 3.82. The largest absolute Gasteiger partial charge is 0.463 e. The van der Waals surface area contributed by atoms with Crippen LogP contribution in [-0.2, 0) is 9.53 Å². The van der Waals surface area contributed by atoms with Crippen molar-refractivity contribution in [3.63, 3.8) is 0 Å². The van der Waals surface area contributed by atoms with Gasteiger partial charge in [0.2, 0.25) is 0 Å². The lowest BCUT2D eigenvalue weighted by molar-refractivity contribution is -0.148. The van der Waals surface area contributed by atoms with Crippen LogP contribution in [0.3, 0.4) is 0 Å². The number of benzene rings is 1. The number of carbonyl (C=O) groups excluding carboxylic acids is 1. The maximum absolute atomic E-state index is 12.6. The summed E-state index contributed by atoms with van der Waals surface area (Å²) in [5.41, 5.74) is -1.22. The molecule has 1 fully saturated rings. The first-order valence-corrected chi connectivity index (χ1v) is 9.75. The van der Waals surface area contributed by atoms with Crippen molar-refractivity contribution in [1.29, 1.82) is 5.26 Å². The van der Waals surface area contributed by atoms with Gasteiger partial charge in [-0.05, 0) is 35.6 Å². The molecule has 2 aliphatic carbocycles. The van der Waals surface area contributed by atoms with E-state index in [4.69, 9.17) is 32.7 Å². The molecule has 2 aliphatic rings. The van der Waals surface area contributed by atoms with E-state index in [1.54, 1.807) is 18.2 Å². The van der Waals surface area contributed by atoms with Gasteiger partial charge in [0.25, 0.3) is 0 Å². The summed E-state index contributed by atoms with van der Waals surface area (Å²) in [5.74, 6) is 0.609. The van der Waals surface area contributed by atoms with E-state index in [1.807, 2.05) is 50.3 Å². The third-order valence-electron chi connectivity index (χ3n) is 5.34. The minimum atomic E-state index is -0.955. The van der Waals surface area contributed by atoms with Crippen molar-refractivity contribution in [3.05, 3.63) is 64.9 Å². The monoisotopic (exact) mass is 417 g/mol. The quantitative estimate of drug-likeness (QED) is 0.568. The molecule has 28 heavy (non-hydrogen) atoms. The number of esters is 1. The second-order valence-corrected chi connectivity index (χ2v) is 8.75. The minimum Gasteiger partial charge on any atom is -0.463 e. The van der Waals surface area contributed by atoms with E-state index >= 15 is 0 Å². The third-order valence-corrected chi connectivity index (χ3v) is 5.60. The number of halogens is 2. The SMILES string of the molecule is CC1(C)C(C=C(Cl)Cl)C1C(=O)OCC1(C#N)C=CC=C(Oc2ccccc2)C1. The number of ether oxygens (including phenoxy) is 2. The zero-order valence-corrected chi connectivity index (χ0v) is 17.2. The molecular weight excluding hydrogens is 397 g/mol. The molecule has 0 spiro atoms. The van der Waals surface area contributed by atoms with E-state index in [0.29, 0.717) is 17.9 Å². The van der Waals surface area contributed by atoms with Gasteiger partial charge in [0.05, 0.1) is 12.0 Å². The molecule has 3 unspecified atom stereocenters. The highest BCUT2D eigenvalue weighted by Gasteiger charge is 2.61. The highest BCUT2D eigenvalue weighted by atomic mass is 35.5. The summed E-state index contributed by atoms with van der Waals surface area (Å²) in [5, 5.41) is 9.75. The molecule has 146 valence electrons. The molecule has 1 aromatic rings. The highest BCUT2D eigenvalue weighted by molar-refractivity contribution is 6.55. The minimum absolute atomic E-state index is 0.0358. The van der Waals surface area contributed by atoms with E-state index in [2.05, 4.69) is 6.07 Å². The van der Waals surface area contributed by atoms with Gasteiger partial charge < -0.3 is 9.47 Å². The Morgan fingerprint density at radius 1 is 1.32 bits per heavy atom. The van der Waals surface area contributed by atoms with Gasteiger partial charge in [0.1, 0.15) is 28.0 Å². The molecule has 6 heteroatoms. The molecule has 1 saturated carbocycles. The molecule has 0 heterocycles. The molecule has 0 aromatic heterocycles. The van der Waals surface area contributed by atoms with E-state index in [-0.39, 0.29) is 34.3 Å². The second-order valence-electron chi connectivity index (χ2n) is 7.74. The van der Waals surface area contributed by atoms with Crippen LogP contribution in [0.15, 0.2) is 64.9 Å². The summed E-state index contributed by atoms with van der Waals surface area (Å²) in [7, 11) is 0. The zero-order valence-electron chi connectivity index (χ0n) is 15.7. The molecule has 3 atom stereocenters. The molecule has 1 aromatic carbocycles. The van der Waals surface area contributed by atoms with Crippen molar-refractivity contribution < 1.29 is 14.3 Å². The van der Waals surface area contributed by atoms with E-state index in [9.17, 15) is 10.1 Å². The number of allylic oxidation sites excluding steroid dienone is 4. The summed E-state index contributed by atoms with van der Waals surface area (Å²) in [6.45, 7) is 3.89. The first-order chi connectivity index (χ1) is 13.3. The van der Waals surface area contributed by atoms with Gasteiger partial charge in [-0.25, -0.2) is 0 Å². The molecule has 0 N–H and O–H groups in total. The van der Waals surface area contributed by atoms with Crippen LogP contribution in [0.4, 0.5) is 0 Å². The zero-order chi connectivity index (χ0) is 20.4.